The Kier molecular flexibility index (Phi) is 8.12. The summed E-state index contributed by atoms with van der Waals surface area (Å²) < 4.78 is 5.23. The lowest BCUT2D eigenvalue weighted by atomic mass is 9.93. The molecule has 2 aromatic carbocycles. The molecule has 1 aliphatic rings. The summed E-state index contributed by atoms with van der Waals surface area (Å²) in [6.07, 6.45) is 6.39. The molecule has 1 aliphatic heterocycles. The van der Waals surface area contributed by atoms with Gasteiger partial charge in [0.05, 0.1) is 7.11 Å². The highest BCUT2D eigenvalue weighted by atomic mass is 16.5. The highest BCUT2D eigenvalue weighted by Gasteiger charge is 2.20. The van der Waals surface area contributed by atoms with Crippen molar-refractivity contribution in [3.63, 3.8) is 0 Å². The van der Waals surface area contributed by atoms with Crippen LogP contribution in [0.1, 0.15) is 43.2 Å². The summed E-state index contributed by atoms with van der Waals surface area (Å²) >= 11 is 0. The molecule has 4 nitrogen and oxygen atoms in total. The Hall–Kier alpha value is -2.33. The number of benzene rings is 2. The normalized spacial score (nSPS) is 17.1. The monoisotopic (exact) mass is 394 g/mol. The van der Waals surface area contributed by atoms with E-state index in [0.717, 1.165) is 42.9 Å². The van der Waals surface area contributed by atoms with Gasteiger partial charge in [0, 0.05) is 18.7 Å². The smallest absolute Gasteiger partial charge is 0.224 e. The molecule has 1 heterocycles. The molecule has 3 rings (SSSR count). The number of piperidine rings is 1. The lowest BCUT2D eigenvalue weighted by molar-refractivity contribution is -0.116. The molecule has 0 bridgehead atoms. The van der Waals surface area contributed by atoms with Crippen LogP contribution in [0, 0.1) is 12.8 Å². The minimum absolute atomic E-state index is 0.111. The number of hydrogen-bond acceptors (Lipinski definition) is 3. The first-order valence-electron chi connectivity index (χ1n) is 10.8. The Morgan fingerprint density at radius 3 is 2.79 bits per heavy atom. The average Bonchev–Trinajstić information content (AvgIpc) is 2.75. The van der Waals surface area contributed by atoms with Gasteiger partial charge in [-0.2, -0.15) is 0 Å². The number of ether oxygens (including phenoxy) is 1. The van der Waals surface area contributed by atoms with Crippen LogP contribution in [-0.2, 0) is 11.2 Å². The Bertz CT molecular complexity index is 776. The van der Waals surface area contributed by atoms with E-state index in [1.807, 2.05) is 25.1 Å². The molecular formula is C25H34N2O2. The maximum atomic E-state index is 12.4. The summed E-state index contributed by atoms with van der Waals surface area (Å²) in [5, 5.41) is 3.06. The number of likely N-dealkylation sites (tertiary alicyclic amines) is 1. The van der Waals surface area contributed by atoms with Gasteiger partial charge in [-0.15, -0.1) is 0 Å². The average molecular weight is 395 g/mol. The topological polar surface area (TPSA) is 41.6 Å². The molecule has 0 saturated carbocycles. The fourth-order valence-corrected chi connectivity index (χ4v) is 4.19. The number of amides is 1. The minimum atomic E-state index is 0.111. The van der Waals surface area contributed by atoms with Crippen molar-refractivity contribution < 1.29 is 9.53 Å². The van der Waals surface area contributed by atoms with Crippen molar-refractivity contribution in [3.05, 3.63) is 59.7 Å². The van der Waals surface area contributed by atoms with Crippen LogP contribution in [0.2, 0.25) is 0 Å². The summed E-state index contributed by atoms with van der Waals surface area (Å²) in [6, 6.07) is 16.5. The lowest BCUT2D eigenvalue weighted by Gasteiger charge is -2.32. The molecule has 4 heteroatoms. The van der Waals surface area contributed by atoms with E-state index < -0.39 is 0 Å². The van der Waals surface area contributed by atoms with Crippen LogP contribution in [-0.4, -0.2) is 37.6 Å². The molecular weight excluding hydrogens is 360 g/mol. The van der Waals surface area contributed by atoms with Gasteiger partial charge in [0.1, 0.15) is 5.75 Å². The number of nitrogens with one attached hydrogen (secondary N) is 1. The molecule has 29 heavy (non-hydrogen) atoms. The number of carbonyl (C=O) groups excluding carboxylic acids is 1. The molecule has 1 amide bonds. The number of methoxy groups -OCH3 is 1. The van der Waals surface area contributed by atoms with Crippen molar-refractivity contribution in [1.82, 2.24) is 4.90 Å². The largest absolute Gasteiger partial charge is 0.497 e. The first-order chi connectivity index (χ1) is 14.1. The third-order valence-electron chi connectivity index (χ3n) is 5.87. The Morgan fingerprint density at radius 2 is 2.03 bits per heavy atom. The van der Waals surface area contributed by atoms with Crippen LogP contribution < -0.4 is 10.1 Å². The molecule has 1 saturated heterocycles. The number of hydrogen-bond donors (Lipinski definition) is 1. The van der Waals surface area contributed by atoms with E-state index in [-0.39, 0.29) is 5.91 Å². The van der Waals surface area contributed by atoms with Crippen molar-refractivity contribution in [2.24, 2.45) is 5.92 Å². The van der Waals surface area contributed by atoms with Gasteiger partial charge < -0.3 is 15.0 Å². The highest BCUT2D eigenvalue weighted by molar-refractivity contribution is 5.91. The van der Waals surface area contributed by atoms with Gasteiger partial charge in [-0.05, 0) is 87.4 Å². The molecule has 156 valence electrons. The predicted octanol–water partition coefficient (Wildman–Crippen LogP) is 5.07. The van der Waals surface area contributed by atoms with Crippen LogP contribution in [0.5, 0.6) is 5.75 Å². The lowest BCUT2D eigenvalue weighted by Crippen LogP contribution is -2.36. The number of rotatable bonds is 9. The zero-order chi connectivity index (χ0) is 20.5. The number of aryl methyl sites for hydroxylation is 2. The van der Waals surface area contributed by atoms with Crippen molar-refractivity contribution >= 4 is 11.6 Å². The van der Waals surface area contributed by atoms with Gasteiger partial charge in [0.25, 0.3) is 0 Å². The first kappa shape index (κ1) is 21.4. The van der Waals surface area contributed by atoms with Crippen molar-refractivity contribution in [2.45, 2.75) is 45.4 Å². The second-order valence-corrected chi connectivity index (χ2v) is 8.17. The first-order valence-corrected chi connectivity index (χ1v) is 10.8. The third-order valence-corrected chi connectivity index (χ3v) is 5.87. The van der Waals surface area contributed by atoms with E-state index in [9.17, 15) is 4.79 Å². The fourth-order valence-electron chi connectivity index (χ4n) is 4.19. The summed E-state index contributed by atoms with van der Waals surface area (Å²) in [6.45, 7) is 5.47. The van der Waals surface area contributed by atoms with Crippen molar-refractivity contribution in [3.8, 4) is 5.75 Å². The van der Waals surface area contributed by atoms with Crippen LogP contribution in [0.25, 0.3) is 0 Å². The zero-order valence-electron chi connectivity index (χ0n) is 17.8. The van der Waals surface area contributed by atoms with Crippen molar-refractivity contribution in [2.75, 3.05) is 32.1 Å². The van der Waals surface area contributed by atoms with Crippen LogP contribution in [0.4, 0.5) is 5.69 Å². The Balaban J connectivity index is 1.38. The maximum absolute atomic E-state index is 12.4. The van der Waals surface area contributed by atoms with Crippen LogP contribution in [0.3, 0.4) is 0 Å². The Labute approximate surface area is 175 Å². The standard InChI is InChI=1S/C25H34N2O2/c1-20-18-23(29-2)13-14-24(20)26-25(28)15-12-22-11-7-17-27(19-22)16-6-10-21-8-4-3-5-9-21/h3-5,8-9,13-14,18,22H,6-7,10-12,15-17,19H2,1-2H3,(H,26,28)/t22-/m0/s1. The molecule has 0 aliphatic carbocycles. The van der Waals surface area contributed by atoms with Crippen molar-refractivity contribution in [1.29, 1.82) is 0 Å². The van der Waals surface area contributed by atoms with E-state index >= 15 is 0 Å². The van der Waals surface area contributed by atoms with Gasteiger partial charge >= 0.3 is 0 Å². The van der Waals surface area contributed by atoms with E-state index in [0.29, 0.717) is 12.3 Å². The predicted molar refractivity (Wildman–Crippen MR) is 120 cm³/mol. The van der Waals surface area contributed by atoms with Gasteiger partial charge in [0.2, 0.25) is 5.91 Å². The van der Waals surface area contributed by atoms with Gasteiger partial charge in [-0.1, -0.05) is 30.3 Å². The third kappa shape index (κ3) is 6.90. The van der Waals surface area contributed by atoms with E-state index in [1.54, 1.807) is 7.11 Å². The second kappa shape index (κ2) is 11.0. The van der Waals surface area contributed by atoms with Gasteiger partial charge in [-0.3, -0.25) is 4.79 Å². The van der Waals surface area contributed by atoms with E-state index in [4.69, 9.17) is 4.74 Å². The minimum Gasteiger partial charge on any atom is -0.497 e. The zero-order valence-corrected chi connectivity index (χ0v) is 17.8. The van der Waals surface area contributed by atoms with Gasteiger partial charge in [0.15, 0.2) is 0 Å². The highest BCUT2D eigenvalue weighted by Crippen LogP contribution is 2.24. The number of anilines is 1. The SMILES string of the molecule is COc1ccc(NC(=O)CC[C@@H]2CCCN(CCCc3ccccc3)C2)c(C)c1. The second-order valence-electron chi connectivity index (χ2n) is 8.17. The summed E-state index contributed by atoms with van der Waals surface area (Å²) in [5.74, 6) is 1.55. The molecule has 1 atom stereocenters. The number of carbonyl (C=O) groups is 1. The maximum Gasteiger partial charge on any atom is 0.224 e. The molecule has 0 radical (unpaired) electrons. The quantitative estimate of drug-likeness (QED) is 0.646. The van der Waals surface area contributed by atoms with Crippen LogP contribution >= 0.6 is 0 Å². The van der Waals surface area contributed by atoms with E-state index in [2.05, 4.69) is 40.5 Å². The summed E-state index contributed by atoms with van der Waals surface area (Å²) in [5.41, 5.74) is 3.33. The summed E-state index contributed by atoms with van der Waals surface area (Å²) in [4.78, 5) is 15.0. The fraction of sp³-hybridized carbons (Fsp3) is 0.480. The molecule has 0 spiro atoms. The Morgan fingerprint density at radius 1 is 1.21 bits per heavy atom. The van der Waals surface area contributed by atoms with Crippen LogP contribution in [0.15, 0.2) is 48.5 Å². The molecule has 1 fully saturated rings. The van der Waals surface area contributed by atoms with E-state index in [1.165, 1.54) is 31.4 Å². The summed E-state index contributed by atoms with van der Waals surface area (Å²) in [7, 11) is 1.65. The molecule has 1 N–H and O–H groups in total. The molecule has 2 aromatic rings. The van der Waals surface area contributed by atoms with Gasteiger partial charge in [-0.25, -0.2) is 0 Å². The molecule has 0 aromatic heterocycles. The molecule has 0 unspecified atom stereocenters. The number of nitrogens with zero attached hydrogens (tertiary/aromatic N) is 1.